The van der Waals surface area contributed by atoms with Crippen LogP contribution in [-0.4, -0.2) is 47.5 Å². The Morgan fingerprint density at radius 1 is 1.02 bits per heavy atom. The molecule has 4 aromatic rings. The van der Waals surface area contributed by atoms with Gasteiger partial charge in [-0.05, 0) is 61.4 Å². The molecule has 222 valence electrons. The van der Waals surface area contributed by atoms with Crippen LogP contribution in [-0.2, 0) is 33.0 Å². The van der Waals surface area contributed by atoms with Crippen LogP contribution >= 0.6 is 0 Å². The summed E-state index contributed by atoms with van der Waals surface area (Å²) >= 11 is 0. The van der Waals surface area contributed by atoms with E-state index in [1.807, 2.05) is 0 Å². The van der Waals surface area contributed by atoms with Gasteiger partial charge in [-0.15, -0.1) is 0 Å². The fourth-order valence-electron chi connectivity index (χ4n) is 4.45. The summed E-state index contributed by atoms with van der Waals surface area (Å²) in [5.74, 6) is -3.03. The Labute approximate surface area is 240 Å². The number of aromatic nitrogens is 3. The molecule has 4 rings (SSSR count). The molecule has 0 bridgehead atoms. The number of pyridine rings is 1. The van der Waals surface area contributed by atoms with Gasteiger partial charge in [-0.25, -0.2) is 17.2 Å². The number of rotatable bonds is 10. The van der Waals surface area contributed by atoms with Crippen molar-refractivity contribution in [3.8, 4) is 17.0 Å². The quantitative estimate of drug-likeness (QED) is 0.292. The summed E-state index contributed by atoms with van der Waals surface area (Å²) < 4.78 is 69.0. The van der Waals surface area contributed by atoms with Crippen molar-refractivity contribution >= 4 is 9.84 Å². The van der Waals surface area contributed by atoms with Crippen molar-refractivity contribution in [2.45, 2.75) is 42.4 Å². The minimum Gasteiger partial charge on any atom is -0.493 e. The molecule has 2 aromatic heterocycles. The molecular weight excluding hydrogens is 572 g/mol. The van der Waals surface area contributed by atoms with Crippen molar-refractivity contribution in [2.24, 2.45) is 7.05 Å². The number of hydrogen-bond donors (Lipinski definition) is 1. The van der Waals surface area contributed by atoms with Gasteiger partial charge in [0.05, 0.1) is 23.6 Å². The molecule has 0 radical (unpaired) electrons. The molecule has 13 heteroatoms. The molecular formula is C29H29F2N3O7S. The van der Waals surface area contributed by atoms with E-state index in [0.29, 0.717) is 17.2 Å². The molecule has 0 saturated heterocycles. The number of halogens is 2. The number of ether oxygens (including phenoxy) is 2. The average molecular weight is 602 g/mol. The van der Waals surface area contributed by atoms with Gasteiger partial charge >= 0.3 is 0 Å². The Balaban J connectivity index is 1.91. The molecule has 0 aliphatic rings. The van der Waals surface area contributed by atoms with Gasteiger partial charge in [0.25, 0.3) is 11.1 Å². The molecule has 1 N–H and O–H groups in total. The van der Waals surface area contributed by atoms with Gasteiger partial charge < -0.3 is 19.1 Å². The van der Waals surface area contributed by atoms with Crippen molar-refractivity contribution in [1.82, 2.24) is 14.1 Å². The Bertz CT molecular complexity index is 1820. The average Bonchev–Trinajstić information content (AvgIpc) is 2.92. The van der Waals surface area contributed by atoms with Gasteiger partial charge in [-0.1, -0.05) is 12.1 Å². The van der Waals surface area contributed by atoms with E-state index in [1.54, 1.807) is 39.2 Å². The number of benzene rings is 2. The van der Waals surface area contributed by atoms with E-state index in [2.05, 4.69) is 4.98 Å². The fourth-order valence-corrected chi connectivity index (χ4v) is 5.79. The molecule has 10 nitrogen and oxygen atoms in total. The zero-order valence-electron chi connectivity index (χ0n) is 23.2. The molecule has 0 amide bonds. The van der Waals surface area contributed by atoms with Crippen molar-refractivity contribution in [3.05, 3.63) is 105 Å². The topological polar surface area (TPSA) is 130 Å². The van der Waals surface area contributed by atoms with Crippen LogP contribution < -0.4 is 11.1 Å². The lowest BCUT2D eigenvalue weighted by Gasteiger charge is -2.26. The third-order valence-electron chi connectivity index (χ3n) is 6.45. The van der Waals surface area contributed by atoms with Crippen LogP contribution in [0.25, 0.3) is 11.1 Å². The van der Waals surface area contributed by atoms with Gasteiger partial charge in [0, 0.05) is 32.0 Å². The fraction of sp³-hybridized carbons (Fsp3) is 0.276. The number of aromatic hydroxyl groups is 1. The summed E-state index contributed by atoms with van der Waals surface area (Å²) in [5, 5.41) is 11.4. The first-order chi connectivity index (χ1) is 19.8. The number of aryl methyl sites for hydroxylation is 1. The molecule has 42 heavy (non-hydrogen) atoms. The molecule has 0 fully saturated rings. The van der Waals surface area contributed by atoms with E-state index in [1.165, 1.54) is 35.9 Å². The smallest absolute Gasteiger partial charge is 0.296 e. The second kappa shape index (κ2) is 12.3. The predicted octanol–water partition coefficient (Wildman–Crippen LogP) is 3.59. The number of methoxy groups -OCH3 is 1. The predicted molar refractivity (Wildman–Crippen MR) is 149 cm³/mol. The van der Waals surface area contributed by atoms with Crippen LogP contribution in [0.3, 0.4) is 0 Å². The number of hydrogen-bond acceptors (Lipinski definition) is 8. The monoisotopic (exact) mass is 601 g/mol. The molecule has 2 aromatic carbocycles. The van der Waals surface area contributed by atoms with Crippen LogP contribution in [0, 0.1) is 11.6 Å². The molecule has 0 saturated carbocycles. The normalized spacial score (nSPS) is 12.5. The second-order valence-electron chi connectivity index (χ2n) is 9.76. The molecule has 0 unspecified atom stereocenters. The minimum atomic E-state index is -4.69. The molecule has 0 aliphatic heterocycles. The Morgan fingerprint density at radius 3 is 2.26 bits per heavy atom. The third kappa shape index (κ3) is 6.17. The van der Waals surface area contributed by atoms with Crippen LogP contribution in [0.5, 0.6) is 5.88 Å². The highest BCUT2D eigenvalue weighted by atomic mass is 32.2. The lowest BCUT2D eigenvalue weighted by atomic mass is 10.1. The summed E-state index contributed by atoms with van der Waals surface area (Å²) in [6.45, 7) is 2.81. The van der Waals surface area contributed by atoms with E-state index in [9.17, 15) is 31.9 Å². The third-order valence-corrected chi connectivity index (χ3v) is 8.24. The maximum atomic E-state index is 14.2. The minimum absolute atomic E-state index is 0.0157. The molecule has 0 aliphatic carbocycles. The van der Waals surface area contributed by atoms with Crippen molar-refractivity contribution in [3.63, 3.8) is 0 Å². The van der Waals surface area contributed by atoms with Crippen LogP contribution in [0.4, 0.5) is 8.78 Å². The Hall–Kier alpha value is -4.20. The van der Waals surface area contributed by atoms with Crippen LogP contribution in [0.15, 0.2) is 80.2 Å². The summed E-state index contributed by atoms with van der Waals surface area (Å²) in [4.78, 5) is 28.2. The first-order valence-electron chi connectivity index (χ1n) is 12.8. The standard InChI is InChI=1S/C29H29F2N3O7S/c1-17(2)41-16-25-32-27(35)26(29(37)34(25)24(15-40-4)19-12-20(30)14-21(31)13-19)42(38,39)22-9-7-18(8-10-22)23-6-5-11-33(3)28(23)36/h5-14,17,24,37H,15-16H2,1-4H3/t24-/m0/s1. The number of nitrogens with zero attached hydrogens (tertiary/aromatic N) is 3. The lowest BCUT2D eigenvalue weighted by molar-refractivity contribution is 0.0554. The molecule has 2 heterocycles. The van der Waals surface area contributed by atoms with E-state index in [4.69, 9.17) is 9.47 Å². The van der Waals surface area contributed by atoms with Crippen LogP contribution in [0.1, 0.15) is 31.3 Å². The highest BCUT2D eigenvalue weighted by Crippen LogP contribution is 2.33. The first kappa shape index (κ1) is 30.8. The summed E-state index contributed by atoms with van der Waals surface area (Å²) in [7, 11) is -1.81. The van der Waals surface area contributed by atoms with E-state index >= 15 is 0 Å². The van der Waals surface area contributed by atoms with Gasteiger partial charge in [-0.3, -0.25) is 14.2 Å². The molecule has 0 spiro atoms. The maximum absolute atomic E-state index is 14.2. The van der Waals surface area contributed by atoms with Gasteiger partial charge in [0.2, 0.25) is 15.7 Å². The summed E-state index contributed by atoms with van der Waals surface area (Å²) in [6.07, 6.45) is 1.24. The van der Waals surface area contributed by atoms with Gasteiger partial charge in [0.1, 0.15) is 24.1 Å². The van der Waals surface area contributed by atoms with Crippen LogP contribution in [0.2, 0.25) is 0 Å². The highest BCUT2D eigenvalue weighted by Gasteiger charge is 2.33. The van der Waals surface area contributed by atoms with Gasteiger partial charge in [0.15, 0.2) is 4.90 Å². The summed E-state index contributed by atoms with van der Waals surface area (Å²) in [6, 6.07) is 9.91. The van der Waals surface area contributed by atoms with E-state index in [0.717, 1.165) is 16.7 Å². The molecule has 1 atom stereocenters. The largest absolute Gasteiger partial charge is 0.493 e. The van der Waals surface area contributed by atoms with Crippen molar-refractivity contribution < 1.29 is 31.8 Å². The summed E-state index contributed by atoms with van der Waals surface area (Å²) in [5.41, 5.74) is -0.804. The van der Waals surface area contributed by atoms with E-state index in [-0.39, 0.29) is 41.2 Å². The lowest BCUT2D eigenvalue weighted by Crippen LogP contribution is -2.30. The number of sulfone groups is 1. The van der Waals surface area contributed by atoms with Crippen molar-refractivity contribution in [1.29, 1.82) is 0 Å². The SMILES string of the molecule is COC[C@@H](c1cc(F)cc(F)c1)n1c(COC(C)C)nc(=O)c(S(=O)(=O)c2ccc(-c3cccn(C)c3=O)cc2)c1O. The van der Waals surface area contributed by atoms with E-state index < -0.39 is 43.8 Å². The Morgan fingerprint density at radius 2 is 1.67 bits per heavy atom. The van der Waals surface area contributed by atoms with Crippen molar-refractivity contribution in [2.75, 3.05) is 13.7 Å². The zero-order valence-corrected chi connectivity index (χ0v) is 24.1. The van der Waals surface area contributed by atoms with Gasteiger partial charge in [-0.2, -0.15) is 4.98 Å². The Kier molecular flexibility index (Phi) is 9.04. The second-order valence-corrected chi connectivity index (χ2v) is 11.6. The first-order valence-corrected chi connectivity index (χ1v) is 14.3. The highest BCUT2D eigenvalue weighted by molar-refractivity contribution is 7.91. The zero-order chi connectivity index (χ0) is 30.8. The maximum Gasteiger partial charge on any atom is 0.296 e.